The Labute approximate surface area is 124 Å². The van der Waals surface area contributed by atoms with Gasteiger partial charge in [-0.1, -0.05) is 6.07 Å². The smallest absolute Gasteiger partial charge is 0.138 e. The lowest BCUT2D eigenvalue weighted by atomic mass is 10.2. The molecule has 0 atom stereocenters. The van der Waals surface area contributed by atoms with E-state index in [1.807, 2.05) is 43.3 Å². The first-order valence-electron chi connectivity index (χ1n) is 7.02. The third-order valence-electron chi connectivity index (χ3n) is 3.63. The van der Waals surface area contributed by atoms with Gasteiger partial charge in [0.25, 0.3) is 0 Å². The number of anilines is 3. The van der Waals surface area contributed by atoms with Gasteiger partial charge in [-0.3, -0.25) is 0 Å². The van der Waals surface area contributed by atoms with Crippen LogP contribution in [0.5, 0.6) is 0 Å². The molecule has 0 unspecified atom stereocenters. The van der Waals surface area contributed by atoms with E-state index in [-0.39, 0.29) is 0 Å². The molecule has 1 aliphatic rings. The van der Waals surface area contributed by atoms with Crippen LogP contribution in [0.2, 0.25) is 0 Å². The van der Waals surface area contributed by atoms with Crippen molar-refractivity contribution in [2.45, 2.75) is 18.8 Å². The zero-order valence-corrected chi connectivity index (χ0v) is 12.2. The van der Waals surface area contributed by atoms with E-state index in [0.29, 0.717) is 11.5 Å². The van der Waals surface area contributed by atoms with Gasteiger partial charge in [0.05, 0.1) is 11.6 Å². The number of nitrogens with zero attached hydrogens (tertiary/aromatic N) is 4. The van der Waals surface area contributed by atoms with Gasteiger partial charge in [-0.25, -0.2) is 9.97 Å². The summed E-state index contributed by atoms with van der Waals surface area (Å²) in [6.45, 7) is 0. The number of hydrogen-bond acceptors (Lipinski definition) is 5. The van der Waals surface area contributed by atoms with E-state index >= 15 is 0 Å². The number of nitrogens with one attached hydrogen (secondary N) is 1. The molecule has 1 aromatic heterocycles. The predicted octanol–water partition coefficient (Wildman–Crippen LogP) is 3.04. The van der Waals surface area contributed by atoms with Gasteiger partial charge in [0, 0.05) is 31.8 Å². The lowest BCUT2D eigenvalue weighted by molar-refractivity contribution is 0.916. The van der Waals surface area contributed by atoms with Gasteiger partial charge in [-0.15, -0.1) is 0 Å². The summed E-state index contributed by atoms with van der Waals surface area (Å²) in [6.07, 6.45) is 2.33. The second kappa shape index (κ2) is 5.41. The summed E-state index contributed by atoms with van der Waals surface area (Å²) < 4.78 is 0. The molecule has 1 N–H and O–H groups in total. The topological polar surface area (TPSA) is 64.8 Å². The summed E-state index contributed by atoms with van der Waals surface area (Å²) >= 11 is 0. The molecule has 5 nitrogen and oxygen atoms in total. The molecule has 0 saturated heterocycles. The molecule has 1 saturated carbocycles. The summed E-state index contributed by atoms with van der Waals surface area (Å²) in [5.74, 6) is 3.06. The Balaban J connectivity index is 1.98. The first-order valence-corrected chi connectivity index (χ1v) is 7.02. The van der Waals surface area contributed by atoms with Crippen molar-refractivity contribution in [1.82, 2.24) is 9.97 Å². The quantitative estimate of drug-likeness (QED) is 0.932. The third-order valence-corrected chi connectivity index (χ3v) is 3.63. The average Bonchev–Trinajstić information content (AvgIpc) is 3.38. The minimum atomic E-state index is 0.496. The van der Waals surface area contributed by atoms with Gasteiger partial charge < -0.3 is 10.2 Å². The van der Waals surface area contributed by atoms with Crippen LogP contribution in [-0.4, -0.2) is 24.1 Å². The van der Waals surface area contributed by atoms with Crippen molar-refractivity contribution in [2.24, 2.45) is 0 Å². The third kappa shape index (κ3) is 2.79. The predicted molar refractivity (Wildman–Crippen MR) is 82.8 cm³/mol. The Morgan fingerprint density at radius 1 is 1.29 bits per heavy atom. The molecule has 0 amide bonds. The molecular formula is C16H17N5. The van der Waals surface area contributed by atoms with Crippen molar-refractivity contribution in [3.05, 3.63) is 41.7 Å². The van der Waals surface area contributed by atoms with Crippen LogP contribution >= 0.6 is 0 Å². The number of benzene rings is 1. The normalized spacial score (nSPS) is 13.6. The first kappa shape index (κ1) is 13.4. The van der Waals surface area contributed by atoms with E-state index in [1.54, 1.807) is 6.07 Å². The summed E-state index contributed by atoms with van der Waals surface area (Å²) in [5.41, 5.74) is 1.58. The maximum absolute atomic E-state index is 9.02. The molecule has 1 fully saturated rings. The largest absolute Gasteiger partial charge is 0.373 e. The van der Waals surface area contributed by atoms with E-state index < -0.39 is 0 Å². The molecule has 0 bridgehead atoms. The molecule has 0 radical (unpaired) electrons. The summed E-state index contributed by atoms with van der Waals surface area (Å²) in [7, 11) is 3.81. The summed E-state index contributed by atoms with van der Waals surface area (Å²) in [4.78, 5) is 11.2. The van der Waals surface area contributed by atoms with Crippen LogP contribution in [0.15, 0.2) is 30.3 Å². The molecule has 2 aromatic rings. The van der Waals surface area contributed by atoms with Gasteiger partial charge in [-0.2, -0.15) is 5.26 Å². The Bertz CT molecular complexity index is 700. The van der Waals surface area contributed by atoms with E-state index in [9.17, 15) is 0 Å². The van der Waals surface area contributed by atoms with Gasteiger partial charge in [0.2, 0.25) is 0 Å². The molecule has 0 aliphatic heterocycles. The van der Waals surface area contributed by atoms with Gasteiger partial charge in [-0.05, 0) is 31.0 Å². The molecular weight excluding hydrogens is 262 g/mol. The van der Waals surface area contributed by atoms with Gasteiger partial charge in [0.15, 0.2) is 0 Å². The highest BCUT2D eigenvalue weighted by molar-refractivity contribution is 5.63. The number of aromatic nitrogens is 2. The summed E-state index contributed by atoms with van der Waals surface area (Å²) in [5, 5.41) is 12.1. The Morgan fingerprint density at radius 3 is 2.76 bits per heavy atom. The SMILES string of the molecule is CNc1cc(N(C)c2cccc(C#N)c2)nc(C2CC2)n1. The van der Waals surface area contributed by atoms with Crippen LogP contribution in [0.4, 0.5) is 17.3 Å². The molecule has 5 heteroatoms. The molecule has 1 heterocycles. The molecule has 1 aliphatic carbocycles. The maximum atomic E-state index is 9.02. The van der Waals surface area contributed by atoms with E-state index in [4.69, 9.17) is 5.26 Å². The Kier molecular flexibility index (Phi) is 3.44. The van der Waals surface area contributed by atoms with Gasteiger partial charge >= 0.3 is 0 Å². The van der Waals surface area contributed by atoms with Crippen molar-refractivity contribution in [3.8, 4) is 6.07 Å². The van der Waals surface area contributed by atoms with E-state index in [0.717, 1.165) is 23.1 Å². The number of nitriles is 1. The van der Waals surface area contributed by atoms with Gasteiger partial charge in [0.1, 0.15) is 17.5 Å². The fourth-order valence-electron chi connectivity index (χ4n) is 2.19. The van der Waals surface area contributed by atoms with Crippen LogP contribution in [0.3, 0.4) is 0 Å². The Hall–Kier alpha value is -2.61. The van der Waals surface area contributed by atoms with Crippen LogP contribution in [0, 0.1) is 11.3 Å². The minimum Gasteiger partial charge on any atom is -0.373 e. The van der Waals surface area contributed by atoms with Crippen molar-refractivity contribution >= 4 is 17.3 Å². The average molecular weight is 279 g/mol. The van der Waals surface area contributed by atoms with Crippen LogP contribution in [-0.2, 0) is 0 Å². The minimum absolute atomic E-state index is 0.496. The van der Waals surface area contributed by atoms with Crippen molar-refractivity contribution < 1.29 is 0 Å². The zero-order valence-electron chi connectivity index (χ0n) is 12.2. The number of hydrogen-bond donors (Lipinski definition) is 1. The second-order valence-corrected chi connectivity index (χ2v) is 5.22. The fourth-order valence-corrected chi connectivity index (χ4v) is 2.19. The fraction of sp³-hybridized carbons (Fsp3) is 0.312. The van der Waals surface area contributed by atoms with E-state index in [1.165, 1.54) is 12.8 Å². The Morgan fingerprint density at radius 2 is 2.10 bits per heavy atom. The maximum Gasteiger partial charge on any atom is 0.138 e. The van der Waals surface area contributed by atoms with Crippen LogP contribution in [0.1, 0.15) is 30.1 Å². The molecule has 21 heavy (non-hydrogen) atoms. The van der Waals surface area contributed by atoms with Crippen molar-refractivity contribution in [2.75, 3.05) is 24.3 Å². The van der Waals surface area contributed by atoms with Crippen molar-refractivity contribution in [1.29, 1.82) is 5.26 Å². The van der Waals surface area contributed by atoms with Crippen LogP contribution in [0.25, 0.3) is 0 Å². The summed E-state index contributed by atoms with van der Waals surface area (Å²) in [6, 6.07) is 11.6. The molecule has 1 aromatic carbocycles. The molecule has 106 valence electrons. The monoisotopic (exact) mass is 279 g/mol. The highest BCUT2D eigenvalue weighted by Gasteiger charge is 2.27. The molecule has 0 spiro atoms. The highest BCUT2D eigenvalue weighted by atomic mass is 15.2. The zero-order chi connectivity index (χ0) is 14.8. The van der Waals surface area contributed by atoms with Crippen LogP contribution < -0.4 is 10.2 Å². The lowest BCUT2D eigenvalue weighted by Gasteiger charge is -2.20. The van der Waals surface area contributed by atoms with E-state index in [2.05, 4.69) is 21.4 Å². The standard InChI is InChI=1S/C16H17N5/c1-18-14-9-15(20-16(19-14)12-6-7-12)21(2)13-5-3-4-11(8-13)10-17/h3-5,8-9,12H,6-7H2,1-2H3,(H,18,19,20). The lowest BCUT2D eigenvalue weighted by Crippen LogP contribution is -2.13. The first-order chi connectivity index (χ1) is 10.2. The second-order valence-electron chi connectivity index (χ2n) is 5.22. The highest BCUT2D eigenvalue weighted by Crippen LogP contribution is 2.39. The number of rotatable bonds is 4. The molecule has 3 rings (SSSR count). The van der Waals surface area contributed by atoms with Crippen molar-refractivity contribution in [3.63, 3.8) is 0 Å².